The van der Waals surface area contributed by atoms with E-state index in [1.807, 2.05) is 0 Å². The first-order valence-electron chi connectivity index (χ1n) is 23.1. The minimum absolute atomic E-state index is 1.07. The maximum Gasteiger partial charge on any atom is 0.0546 e. The van der Waals surface area contributed by atoms with Gasteiger partial charge >= 0.3 is 0 Å². The third kappa shape index (κ3) is 7.73. The van der Waals surface area contributed by atoms with Gasteiger partial charge < -0.3 is 4.90 Å². The summed E-state index contributed by atoms with van der Waals surface area (Å²) in [6.07, 6.45) is 0. The van der Waals surface area contributed by atoms with Crippen molar-refractivity contribution in [2.45, 2.75) is 0 Å². The number of anilines is 3. The van der Waals surface area contributed by atoms with Gasteiger partial charge in [-0.3, -0.25) is 0 Å². The van der Waals surface area contributed by atoms with E-state index in [4.69, 9.17) is 0 Å². The molecule has 0 aliphatic rings. The Bertz CT molecular complexity index is 3710. The van der Waals surface area contributed by atoms with Crippen molar-refractivity contribution in [3.8, 4) is 66.8 Å². The Morgan fingerprint density at radius 2 is 0.597 bits per heavy atom. The first-order chi connectivity index (χ1) is 33.2. The zero-order valence-corrected chi connectivity index (χ0v) is 36.9. The summed E-state index contributed by atoms with van der Waals surface area (Å²) in [5, 5.41) is 7.40. The molecule has 0 saturated carbocycles. The third-order valence-corrected chi connectivity index (χ3v) is 13.3. The molecule has 1 nitrogen and oxygen atoms in total. The molecule has 0 aliphatic carbocycles. The van der Waals surface area contributed by atoms with Crippen LogP contribution in [0, 0.1) is 0 Å². The predicted octanol–water partition coefficient (Wildman–Crippen LogP) is 18.6. The lowest BCUT2D eigenvalue weighted by atomic mass is 9.92. The van der Waals surface area contributed by atoms with E-state index in [2.05, 4.69) is 278 Å². The monoisotopic (exact) mass is 851 g/mol. The Hall–Kier alpha value is -8.78. The van der Waals surface area contributed by atoms with E-state index in [0.29, 0.717) is 0 Å². The molecule has 0 atom stereocenters. The zero-order valence-electron chi connectivity index (χ0n) is 36.9. The van der Waals surface area contributed by atoms with Crippen molar-refractivity contribution in [2.24, 2.45) is 0 Å². The molecule has 1 heteroatoms. The van der Waals surface area contributed by atoms with Crippen LogP contribution < -0.4 is 4.90 Å². The highest BCUT2D eigenvalue weighted by Crippen LogP contribution is 2.46. The first kappa shape index (κ1) is 39.8. The molecule has 0 bridgehead atoms. The number of benzene rings is 12. The summed E-state index contributed by atoms with van der Waals surface area (Å²) >= 11 is 0. The summed E-state index contributed by atoms with van der Waals surface area (Å²) in [5.41, 5.74) is 17.5. The fourth-order valence-electron chi connectivity index (χ4n) is 9.82. The molecule has 0 heterocycles. The van der Waals surface area contributed by atoms with Crippen molar-refractivity contribution in [3.63, 3.8) is 0 Å². The molecule has 0 unspecified atom stereocenters. The summed E-state index contributed by atoms with van der Waals surface area (Å²) in [6.45, 7) is 0. The molecular weight excluding hydrogens is 807 g/mol. The van der Waals surface area contributed by atoms with Crippen LogP contribution in [0.4, 0.5) is 17.1 Å². The molecule has 12 rings (SSSR count). The minimum Gasteiger partial charge on any atom is -0.310 e. The average molecular weight is 852 g/mol. The molecule has 0 N–H and O–H groups in total. The van der Waals surface area contributed by atoms with Crippen molar-refractivity contribution in [1.29, 1.82) is 0 Å². The highest BCUT2D eigenvalue weighted by Gasteiger charge is 2.21. The van der Waals surface area contributed by atoms with Gasteiger partial charge in [0.15, 0.2) is 0 Å². The summed E-state index contributed by atoms with van der Waals surface area (Å²) in [6, 6.07) is 99.6. The fraction of sp³-hybridized carbons (Fsp3) is 0. The number of hydrogen-bond acceptors (Lipinski definition) is 1. The van der Waals surface area contributed by atoms with Gasteiger partial charge in [-0.2, -0.15) is 0 Å². The second kappa shape index (κ2) is 17.3. The Morgan fingerprint density at radius 3 is 1.24 bits per heavy atom. The van der Waals surface area contributed by atoms with Crippen LogP contribution in [-0.2, 0) is 0 Å². The van der Waals surface area contributed by atoms with Crippen LogP contribution in [0.3, 0.4) is 0 Å². The predicted molar refractivity (Wildman–Crippen MR) is 286 cm³/mol. The van der Waals surface area contributed by atoms with E-state index in [1.165, 1.54) is 88.0 Å². The molecule has 0 saturated heterocycles. The summed E-state index contributed by atoms with van der Waals surface area (Å²) < 4.78 is 0. The van der Waals surface area contributed by atoms with Gasteiger partial charge in [0, 0.05) is 16.9 Å². The van der Waals surface area contributed by atoms with Crippen LogP contribution in [0.1, 0.15) is 0 Å². The number of nitrogens with zero attached hydrogens (tertiary/aromatic N) is 1. The number of hydrogen-bond donors (Lipinski definition) is 0. The van der Waals surface area contributed by atoms with Crippen LogP contribution in [0.25, 0.3) is 99.1 Å². The normalized spacial score (nSPS) is 11.3. The van der Waals surface area contributed by atoms with Gasteiger partial charge in [-0.1, -0.05) is 231 Å². The maximum atomic E-state index is 2.45. The lowest BCUT2D eigenvalue weighted by molar-refractivity contribution is 1.28. The average Bonchev–Trinajstić information content (AvgIpc) is 3.41. The second-order valence-corrected chi connectivity index (χ2v) is 17.3. The molecule has 0 fully saturated rings. The van der Waals surface area contributed by atoms with E-state index in [-0.39, 0.29) is 0 Å². The SMILES string of the molecule is c1ccc(-c2ccc(-c3ccc(N(c4ccc(-c5cccc(-c6ccc7ccccc7c6)c5)cc4)c4cc(-c5cccc6ccccc56)ccc4-c4cccc5ccccc45)cc3)cc2)cc1. The van der Waals surface area contributed by atoms with Gasteiger partial charge in [-0.25, -0.2) is 0 Å². The lowest BCUT2D eigenvalue weighted by Gasteiger charge is -2.29. The number of rotatable bonds is 9. The molecule has 0 amide bonds. The smallest absolute Gasteiger partial charge is 0.0546 e. The van der Waals surface area contributed by atoms with E-state index in [0.717, 1.165) is 28.2 Å². The molecule has 67 heavy (non-hydrogen) atoms. The molecule has 0 aliphatic heterocycles. The summed E-state index contributed by atoms with van der Waals surface area (Å²) in [7, 11) is 0. The highest BCUT2D eigenvalue weighted by atomic mass is 15.1. The second-order valence-electron chi connectivity index (χ2n) is 17.3. The molecule has 12 aromatic rings. The molecule has 12 aromatic carbocycles. The topological polar surface area (TPSA) is 3.24 Å². The van der Waals surface area contributed by atoms with Crippen LogP contribution >= 0.6 is 0 Å². The van der Waals surface area contributed by atoms with E-state index >= 15 is 0 Å². The molecule has 0 aromatic heterocycles. The quantitative estimate of drug-likeness (QED) is 0.140. The fourth-order valence-corrected chi connectivity index (χ4v) is 9.82. The molecular formula is C66H45N. The van der Waals surface area contributed by atoms with Crippen LogP contribution in [0.5, 0.6) is 0 Å². The van der Waals surface area contributed by atoms with Crippen molar-refractivity contribution < 1.29 is 0 Å². The van der Waals surface area contributed by atoms with Crippen molar-refractivity contribution in [2.75, 3.05) is 4.90 Å². The van der Waals surface area contributed by atoms with E-state index < -0.39 is 0 Å². The summed E-state index contributed by atoms with van der Waals surface area (Å²) in [4.78, 5) is 2.45. The van der Waals surface area contributed by atoms with Crippen molar-refractivity contribution in [1.82, 2.24) is 0 Å². The Kier molecular flexibility index (Phi) is 10.3. The standard InChI is InChI=1S/C66H45N/c1-2-13-46(14-3-1)48-27-29-49(30-28-48)50-33-38-59(39-34-50)67(60-40-35-51(36-41-60)55-21-10-22-56(43-55)57-32-31-47-15-4-5-18-54(47)44-57)66-45-58(63-25-11-19-52-16-6-8-23-61(52)63)37-42-65(66)64-26-12-20-53-17-7-9-24-62(53)64/h1-45H. The van der Waals surface area contributed by atoms with Crippen molar-refractivity contribution >= 4 is 49.4 Å². The Balaban J connectivity index is 1.01. The number of fused-ring (bicyclic) bond motifs is 3. The molecule has 0 spiro atoms. The van der Waals surface area contributed by atoms with Gasteiger partial charge in [-0.05, 0) is 136 Å². The van der Waals surface area contributed by atoms with Gasteiger partial charge in [-0.15, -0.1) is 0 Å². The lowest BCUT2D eigenvalue weighted by Crippen LogP contribution is -2.11. The zero-order chi connectivity index (χ0) is 44.5. The molecule has 0 radical (unpaired) electrons. The van der Waals surface area contributed by atoms with Crippen LogP contribution in [0.2, 0.25) is 0 Å². The van der Waals surface area contributed by atoms with Crippen LogP contribution in [-0.4, -0.2) is 0 Å². The van der Waals surface area contributed by atoms with Crippen LogP contribution in [0.15, 0.2) is 273 Å². The van der Waals surface area contributed by atoms with Gasteiger partial charge in [0.25, 0.3) is 0 Å². The Morgan fingerprint density at radius 1 is 0.194 bits per heavy atom. The van der Waals surface area contributed by atoms with E-state index in [1.54, 1.807) is 0 Å². The minimum atomic E-state index is 1.07. The third-order valence-electron chi connectivity index (χ3n) is 13.3. The van der Waals surface area contributed by atoms with Gasteiger partial charge in [0.05, 0.1) is 5.69 Å². The first-order valence-corrected chi connectivity index (χ1v) is 23.1. The molecule has 314 valence electrons. The Labute approximate surface area is 392 Å². The van der Waals surface area contributed by atoms with E-state index in [9.17, 15) is 0 Å². The van der Waals surface area contributed by atoms with Crippen molar-refractivity contribution in [3.05, 3.63) is 273 Å². The highest BCUT2D eigenvalue weighted by molar-refractivity contribution is 6.04. The van der Waals surface area contributed by atoms with Gasteiger partial charge in [0.1, 0.15) is 0 Å². The largest absolute Gasteiger partial charge is 0.310 e. The maximum absolute atomic E-state index is 2.45. The summed E-state index contributed by atoms with van der Waals surface area (Å²) in [5.74, 6) is 0. The van der Waals surface area contributed by atoms with Gasteiger partial charge in [0.2, 0.25) is 0 Å².